The molecule has 5 nitrogen and oxygen atoms in total. The minimum atomic E-state index is 0.334. The molecule has 0 amide bonds. The number of fused-ring (bicyclic) bond motifs is 1. The van der Waals surface area contributed by atoms with Crippen LogP contribution in [-0.2, 0) is 0 Å². The summed E-state index contributed by atoms with van der Waals surface area (Å²) in [6.07, 6.45) is 4.28. The molecular weight excluding hydrogens is 192 g/mol. The van der Waals surface area contributed by atoms with Crippen molar-refractivity contribution in [3.63, 3.8) is 0 Å². The van der Waals surface area contributed by atoms with Crippen molar-refractivity contribution in [1.82, 2.24) is 15.0 Å². The summed E-state index contributed by atoms with van der Waals surface area (Å²) in [6, 6.07) is 0. The Labute approximate surface area is 78.1 Å². The summed E-state index contributed by atoms with van der Waals surface area (Å²) in [4.78, 5) is 10.6. The number of halogens is 1. The first-order valence-corrected chi connectivity index (χ1v) is 3.85. The molecule has 0 atom stereocenters. The Morgan fingerprint density at radius 1 is 1.54 bits per heavy atom. The maximum atomic E-state index is 8.36. The predicted octanol–water partition coefficient (Wildman–Crippen LogP) is 1.42. The van der Waals surface area contributed by atoms with E-state index in [1.54, 1.807) is 6.20 Å². The number of nitrogens with one attached hydrogen (secondary N) is 1. The fourth-order valence-electron chi connectivity index (χ4n) is 1.11. The molecule has 0 aliphatic rings. The molecule has 2 aromatic rings. The molecule has 0 aliphatic carbocycles. The summed E-state index contributed by atoms with van der Waals surface area (Å²) in [6.45, 7) is 0. The van der Waals surface area contributed by atoms with Crippen LogP contribution in [0.2, 0.25) is 5.15 Å². The van der Waals surface area contributed by atoms with E-state index < -0.39 is 0 Å². The third-order valence-corrected chi connectivity index (χ3v) is 1.94. The Morgan fingerprint density at radius 2 is 2.38 bits per heavy atom. The van der Waals surface area contributed by atoms with Gasteiger partial charge in [0.25, 0.3) is 0 Å². The predicted molar refractivity (Wildman–Crippen MR) is 48.3 cm³/mol. The van der Waals surface area contributed by atoms with Crippen LogP contribution >= 0.6 is 11.6 Å². The van der Waals surface area contributed by atoms with Crippen molar-refractivity contribution >= 4 is 28.8 Å². The molecule has 0 aromatic carbocycles. The van der Waals surface area contributed by atoms with E-state index in [0.29, 0.717) is 21.7 Å². The number of aromatic amines is 1. The molecule has 2 rings (SSSR count). The number of hydrogen-bond acceptors (Lipinski definition) is 4. The highest BCUT2D eigenvalue weighted by molar-refractivity contribution is 6.35. The third-order valence-electron chi connectivity index (χ3n) is 1.65. The molecule has 0 saturated carbocycles. The lowest BCUT2D eigenvalue weighted by molar-refractivity contribution is 0.322. The van der Waals surface area contributed by atoms with Gasteiger partial charge >= 0.3 is 0 Å². The van der Waals surface area contributed by atoms with E-state index in [9.17, 15) is 0 Å². The molecule has 2 N–H and O–H groups in total. The van der Waals surface area contributed by atoms with Gasteiger partial charge in [0.05, 0.1) is 11.6 Å². The fraction of sp³-hybridized carbons (Fsp3) is 0. The Kier molecular flexibility index (Phi) is 1.86. The first-order chi connectivity index (χ1) is 6.33. The first-order valence-electron chi connectivity index (χ1n) is 3.48. The average Bonchev–Trinajstić information content (AvgIpc) is 2.51. The number of aromatic nitrogens is 3. The van der Waals surface area contributed by atoms with Gasteiger partial charge in [0.15, 0.2) is 0 Å². The van der Waals surface area contributed by atoms with Gasteiger partial charge in [-0.15, -0.1) is 0 Å². The van der Waals surface area contributed by atoms with Crippen molar-refractivity contribution in [2.24, 2.45) is 5.16 Å². The second-order valence-corrected chi connectivity index (χ2v) is 2.73. The number of hydrogen-bond donors (Lipinski definition) is 2. The molecule has 0 radical (unpaired) electrons. The molecule has 0 unspecified atom stereocenters. The van der Waals surface area contributed by atoms with Crippen LogP contribution in [0.15, 0.2) is 17.7 Å². The van der Waals surface area contributed by atoms with E-state index >= 15 is 0 Å². The van der Waals surface area contributed by atoms with Gasteiger partial charge in [0.1, 0.15) is 17.1 Å². The molecule has 2 heterocycles. The summed E-state index contributed by atoms with van der Waals surface area (Å²) in [5, 5.41) is 12.3. The quantitative estimate of drug-likeness (QED) is 0.314. The molecule has 0 bridgehead atoms. The van der Waals surface area contributed by atoms with Crippen LogP contribution in [0.5, 0.6) is 0 Å². The second kappa shape index (κ2) is 3.02. The van der Waals surface area contributed by atoms with E-state index in [1.807, 2.05) is 0 Å². The zero-order valence-corrected chi connectivity index (χ0v) is 7.15. The van der Waals surface area contributed by atoms with Crippen molar-refractivity contribution in [2.75, 3.05) is 0 Å². The third kappa shape index (κ3) is 1.23. The Bertz CT molecular complexity index is 464. The summed E-state index contributed by atoms with van der Waals surface area (Å²) < 4.78 is 0. The van der Waals surface area contributed by atoms with Crippen LogP contribution in [0.4, 0.5) is 0 Å². The number of oxime groups is 1. The molecule has 0 aliphatic heterocycles. The van der Waals surface area contributed by atoms with Gasteiger partial charge in [-0.05, 0) is 0 Å². The molecule has 0 saturated heterocycles. The number of rotatable bonds is 1. The topological polar surface area (TPSA) is 74.2 Å². The number of H-pyrrole nitrogens is 1. The van der Waals surface area contributed by atoms with Gasteiger partial charge in [-0.1, -0.05) is 16.8 Å². The maximum absolute atomic E-state index is 8.36. The van der Waals surface area contributed by atoms with Crippen molar-refractivity contribution in [3.8, 4) is 0 Å². The van der Waals surface area contributed by atoms with Crippen molar-refractivity contribution in [1.29, 1.82) is 0 Å². The molecule has 2 aromatic heterocycles. The van der Waals surface area contributed by atoms with Crippen molar-refractivity contribution < 1.29 is 5.21 Å². The van der Waals surface area contributed by atoms with Gasteiger partial charge in [-0.2, -0.15) is 0 Å². The van der Waals surface area contributed by atoms with Gasteiger partial charge in [0, 0.05) is 11.8 Å². The molecule has 0 fully saturated rings. The van der Waals surface area contributed by atoms with Crippen molar-refractivity contribution in [2.45, 2.75) is 0 Å². The lowest BCUT2D eigenvalue weighted by Gasteiger charge is -1.91. The Hall–Kier alpha value is -1.62. The van der Waals surface area contributed by atoms with Crippen LogP contribution in [0, 0.1) is 0 Å². The summed E-state index contributed by atoms with van der Waals surface area (Å²) in [5.41, 5.74) is 1.28. The highest BCUT2D eigenvalue weighted by Gasteiger charge is 2.07. The smallest absolute Gasteiger partial charge is 0.142 e. The van der Waals surface area contributed by atoms with E-state index in [4.69, 9.17) is 16.8 Å². The summed E-state index contributed by atoms with van der Waals surface area (Å²) in [7, 11) is 0. The lowest BCUT2D eigenvalue weighted by atomic mass is 10.3. The molecule has 0 spiro atoms. The second-order valence-electron chi connectivity index (χ2n) is 2.38. The fourth-order valence-corrected chi connectivity index (χ4v) is 1.35. The molecule has 6 heteroatoms. The van der Waals surface area contributed by atoms with Gasteiger partial charge < -0.3 is 10.2 Å². The van der Waals surface area contributed by atoms with Gasteiger partial charge in [-0.25, -0.2) is 9.97 Å². The SMILES string of the molecule is O/N=C/c1c[nH]c2ncnc(Cl)c12. The van der Waals surface area contributed by atoms with E-state index in [0.717, 1.165) is 0 Å². The van der Waals surface area contributed by atoms with E-state index in [-0.39, 0.29) is 0 Å². The average molecular weight is 197 g/mol. The van der Waals surface area contributed by atoms with Crippen LogP contribution in [0.25, 0.3) is 11.0 Å². The maximum Gasteiger partial charge on any atom is 0.142 e. The van der Waals surface area contributed by atoms with E-state index in [2.05, 4.69) is 20.1 Å². The molecule has 66 valence electrons. The molecule has 13 heavy (non-hydrogen) atoms. The standard InChI is InChI=1S/C7H5ClN4O/c8-6-5-4(2-12-13)1-9-7(5)11-3-10-6/h1-3,13H,(H,9,10,11)/b12-2+. The minimum absolute atomic E-state index is 0.334. The largest absolute Gasteiger partial charge is 0.411 e. The monoisotopic (exact) mass is 196 g/mol. The zero-order chi connectivity index (χ0) is 9.26. The molecular formula is C7H5ClN4O. The first kappa shape index (κ1) is 8.00. The van der Waals surface area contributed by atoms with E-state index in [1.165, 1.54) is 12.5 Å². The van der Waals surface area contributed by atoms with Crippen LogP contribution in [-0.4, -0.2) is 26.4 Å². The minimum Gasteiger partial charge on any atom is -0.411 e. The Balaban J connectivity index is 2.78. The van der Waals surface area contributed by atoms with Gasteiger partial charge in [0.2, 0.25) is 0 Å². The van der Waals surface area contributed by atoms with Crippen molar-refractivity contribution in [3.05, 3.63) is 23.2 Å². The highest BCUT2D eigenvalue weighted by Crippen LogP contribution is 2.21. The Morgan fingerprint density at radius 3 is 3.15 bits per heavy atom. The van der Waals surface area contributed by atoms with Crippen LogP contribution in [0.3, 0.4) is 0 Å². The van der Waals surface area contributed by atoms with Crippen LogP contribution in [0.1, 0.15) is 5.56 Å². The number of nitrogens with zero attached hydrogens (tertiary/aromatic N) is 3. The zero-order valence-electron chi connectivity index (χ0n) is 6.40. The summed E-state index contributed by atoms with van der Waals surface area (Å²) >= 11 is 5.82. The van der Waals surface area contributed by atoms with Gasteiger partial charge in [-0.3, -0.25) is 0 Å². The normalized spacial score (nSPS) is 11.5. The highest BCUT2D eigenvalue weighted by atomic mass is 35.5. The lowest BCUT2D eigenvalue weighted by Crippen LogP contribution is -1.83. The van der Waals surface area contributed by atoms with Crippen LogP contribution < -0.4 is 0 Å². The summed E-state index contributed by atoms with van der Waals surface area (Å²) in [5.74, 6) is 0.